The van der Waals surface area contributed by atoms with E-state index in [9.17, 15) is 12.8 Å². The largest absolute Gasteiger partial charge is 0.481 e. The highest BCUT2D eigenvalue weighted by atomic mass is 35.5. The number of halogens is 2. The Hall–Kier alpha value is -3.17. The summed E-state index contributed by atoms with van der Waals surface area (Å²) in [5.41, 5.74) is 1.70. The molecule has 7 nitrogen and oxygen atoms in total. The highest BCUT2D eigenvalue weighted by Gasteiger charge is 2.28. The van der Waals surface area contributed by atoms with Crippen molar-refractivity contribution in [2.45, 2.75) is 11.4 Å². The Morgan fingerprint density at radius 1 is 1.10 bits per heavy atom. The second-order valence-corrected chi connectivity index (χ2v) is 8.30. The van der Waals surface area contributed by atoms with E-state index in [0.29, 0.717) is 22.7 Å². The van der Waals surface area contributed by atoms with Gasteiger partial charge >= 0.3 is 0 Å². The first kappa shape index (κ1) is 20.1. The van der Waals surface area contributed by atoms with Gasteiger partial charge < -0.3 is 15.4 Å². The van der Waals surface area contributed by atoms with Crippen LogP contribution >= 0.6 is 11.6 Å². The number of fused-ring (bicyclic) bond motifs is 1. The molecule has 0 amide bonds. The number of nitrogens with one attached hydrogen (secondary N) is 2. The molecular weight excluding hydrogens is 431 g/mol. The molecule has 1 aliphatic rings. The molecule has 2 heterocycles. The maximum absolute atomic E-state index is 14.0. The molecule has 154 valence electrons. The van der Waals surface area contributed by atoms with Crippen LogP contribution < -0.4 is 15.4 Å². The van der Waals surface area contributed by atoms with Gasteiger partial charge in [0.05, 0.1) is 30.1 Å². The summed E-state index contributed by atoms with van der Waals surface area (Å²) in [6.45, 7) is 0.205. The lowest BCUT2D eigenvalue weighted by Gasteiger charge is -2.22. The monoisotopic (exact) mass is 446 g/mol. The molecule has 0 saturated heterocycles. The summed E-state index contributed by atoms with van der Waals surface area (Å²) < 4.78 is 48.3. The fourth-order valence-electron chi connectivity index (χ4n) is 3.04. The van der Waals surface area contributed by atoms with E-state index in [-0.39, 0.29) is 28.1 Å². The Kier molecular flexibility index (Phi) is 5.31. The van der Waals surface area contributed by atoms with Crippen LogP contribution in [0.3, 0.4) is 0 Å². The molecule has 0 fully saturated rings. The lowest BCUT2D eigenvalue weighted by atomic mass is 10.0. The predicted octanol–water partition coefficient (Wildman–Crippen LogP) is 3.81. The average Bonchev–Trinajstić information content (AvgIpc) is 2.74. The highest BCUT2D eigenvalue weighted by Crippen LogP contribution is 2.39. The normalized spacial score (nSPS) is 14.3. The second-order valence-electron chi connectivity index (χ2n) is 6.34. The standard InChI is InChI=1S/C20H16ClFN4O3S/c1-29-17-10-2-5-12(24-17)11-23-20-25-19-14(13-6-3-8-15(22)18(13)21)7-4-9-16(19)30(27,28)26-20/h2-10H,11H2,1H3,(H2,23,25,26). The number of anilines is 1. The Morgan fingerprint density at radius 2 is 1.83 bits per heavy atom. The van der Waals surface area contributed by atoms with Gasteiger partial charge in [-0.25, -0.2) is 9.37 Å². The molecule has 0 atom stereocenters. The zero-order valence-electron chi connectivity index (χ0n) is 15.7. The van der Waals surface area contributed by atoms with Gasteiger partial charge in [-0.05, 0) is 18.2 Å². The number of aromatic nitrogens is 1. The van der Waals surface area contributed by atoms with E-state index >= 15 is 0 Å². The van der Waals surface area contributed by atoms with Crippen molar-refractivity contribution in [2.24, 2.45) is 4.40 Å². The molecule has 4 rings (SSSR count). The van der Waals surface area contributed by atoms with Crippen molar-refractivity contribution in [2.75, 3.05) is 12.4 Å². The van der Waals surface area contributed by atoms with E-state index in [1.165, 1.54) is 25.3 Å². The predicted molar refractivity (Wildman–Crippen MR) is 113 cm³/mol. The molecule has 0 unspecified atom stereocenters. The number of guanidine groups is 1. The summed E-state index contributed by atoms with van der Waals surface area (Å²) in [5, 5.41) is 5.82. The summed E-state index contributed by atoms with van der Waals surface area (Å²) in [7, 11) is -2.47. The maximum atomic E-state index is 14.0. The number of methoxy groups -OCH3 is 1. The number of para-hydroxylation sites is 1. The van der Waals surface area contributed by atoms with Crippen LogP contribution in [-0.4, -0.2) is 26.5 Å². The molecule has 0 radical (unpaired) electrons. The Morgan fingerprint density at radius 3 is 2.63 bits per heavy atom. The number of pyridine rings is 1. The van der Waals surface area contributed by atoms with Gasteiger partial charge in [0.2, 0.25) is 11.8 Å². The van der Waals surface area contributed by atoms with E-state index in [2.05, 4.69) is 20.0 Å². The van der Waals surface area contributed by atoms with Gasteiger partial charge in [0.1, 0.15) is 10.7 Å². The molecular formula is C20H16ClFN4O3S. The smallest absolute Gasteiger partial charge is 0.287 e. The van der Waals surface area contributed by atoms with Crippen LogP contribution in [0.2, 0.25) is 5.02 Å². The third-order valence-electron chi connectivity index (χ3n) is 4.43. The van der Waals surface area contributed by atoms with E-state index < -0.39 is 15.8 Å². The summed E-state index contributed by atoms with van der Waals surface area (Å²) >= 11 is 6.13. The Bertz CT molecular complexity index is 1260. The number of rotatable bonds is 4. The topological polar surface area (TPSA) is 92.7 Å². The number of sulfonamides is 1. The third kappa shape index (κ3) is 3.81. The molecule has 2 aromatic carbocycles. The molecule has 3 aromatic rings. The zero-order chi connectivity index (χ0) is 21.3. The molecule has 0 bridgehead atoms. The summed E-state index contributed by atoms with van der Waals surface area (Å²) in [6.07, 6.45) is 0. The molecule has 10 heteroatoms. The first-order chi connectivity index (χ1) is 14.4. The van der Waals surface area contributed by atoms with Crippen LogP contribution in [0.15, 0.2) is 63.9 Å². The molecule has 2 N–H and O–H groups in total. The maximum Gasteiger partial charge on any atom is 0.287 e. The number of benzene rings is 2. The van der Waals surface area contributed by atoms with Gasteiger partial charge in [0, 0.05) is 17.2 Å². The third-order valence-corrected chi connectivity index (χ3v) is 6.13. The average molecular weight is 447 g/mol. The van der Waals surface area contributed by atoms with Crippen molar-refractivity contribution in [3.05, 3.63) is 71.1 Å². The lowest BCUT2D eigenvalue weighted by molar-refractivity contribution is 0.396. The van der Waals surface area contributed by atoms with Gasteiger partial charge in [-0.15, -0.1) is 4.40 Å². The van der Waals surface area contributed by atoms with Crippen LogP contribution in [-0.2, 0) is 16.6 Å². The lowest BCUT2D eigenvalue weighted by Crippen LogP contribution is -2.34. The van der Waals surface area contributed by atoms with Gasteiger partial charge in [0.15, 0.2) is 0 Å². The fraction of sp³-hybridized carbons (Fsp3) is 0.100. The number of hydrogen-bond acceptors (Lipinski definition) is 6. The number of hydrogen-bond donors (Lipinski definition) is 2. The fourth-order valence-corrected chi connectivity index (χ4v) is 4.39. The minimum atomic E-state index is -3.98. The van der Waals surface area contributed by atoms with Crippen molar-refractivity contribution < 1.29 is 17.5 Å². The molecule has 30 heavy (non-hydrogen) atoms. The quantitative estimate of drug-likeness (QED) is 0.633. The van der Waals surface area contributed by atoms with Crippen LogP contribution in [0.25, 0.3) is 11.1 Å². The zero-order valence-corrected chi connectivity index (χ0v) is 17.3. The summed E-state index contributed by atoms with van der Waals surface area (Å²) in [5.74, 6) is -0.137. The SMILES string of the molecule is COc1cccc(CNC2=NS(=O)(=O)c3cccc(-c4cccc(F)c4Cl)c3N2)n1. The van der Waals surface area contributed by atoms with E-state index in [1.54, 1.807) is 36.4 Å². The van der Waals surface area contributed by atoms with Crippen molar-refractivity contribution in [3.63, 3.8) is 0 Å². The van der Waals surface area contributed by atoms with Crippen molar-refractivity contribution >= 4 is 33.3 Å². The molecule has 0 aliphatic carbocycles. The Balaban J connectivity index is 1.69. The second kappa shape index (κ2) is 7.92. The highest BCUT2D eigenvalue weighted by molar-refractivity contribution is 7.90. The molecule has 0 spiro atoms. The van der Waals surface area contributed by atoms with Gasteiger partial charge in [0.25, 0.3) is 10.0 Å². The number of ether oxygens (including phenoxy) is 1. The van der Waals surface area contributed by atoms with Crippen LogP contribution in [0.5, 0.6) is 5.88 Å². The Labute approximate surface area is 177 Å². The van der Waals surface area contributed by atoms with E-state index in [4.69, 9.17) is 16.3 Å². The van der Waals surface area contributed by atoms with Crippen molar-refractivity contribution in [1.82, 2.24) is 10.3 Å². The minimum absolute atomic E-state index is 0.0205. The molecule has 1 aromatic heterocycles. The van der Waals surface area contributed by atoms with Gasteiger partial charge in [-0.2, -0.15) is 8.42 Å². The summed E-state index contributed by atoms with van der Waals surface area (Å²) in [4.78, 5) is 4.24. The van der Waals surface area contributed by atoms with E-state index in [1.807, 2.05) is 0 Å². The van der Waals surface area contributed by atoms with Crippen molar-refractivity contribution in [1.29, 1.82) is 0 Å². The van der Waals surface area contributed by atoms with Crippen LogP contribution in [0.1, 0.15) is 5.69 Å². The number of nitrogens with zero attached hydrogens (tertiary/aromatic N) is 2. The minimum Gasteiger partial charge on any atom is -0.481 e. The first-order valence-electron chi connectivity index (χ1n) is 8.82. The van der Waals surface area contributed by atoms with Crippen LogP contribution in [0.4, 0.5) is 10.1 Å². The van der Waals surface area contributed by atoms with Crippen LogP contribution in [0, 0.1) is 5.82 Å². The molecule has 1 aliphatic heterocycles. The van der Waals surface area contributed by atoms with Gasteiger partial charge in [-0.1, -0.05) is 41.9 Å². The summed E-state index contributed by atoms with van der Waals surface area (Å²) in [6, 6.07) is 14.3. The first-order valence-corrected chi connectivity index (χ1v) is 10.6. The van der Waals surface area contributed by atoms with Crippen molar-refractivity contribution in [3.8, 4) is 17.0 Å². The van der Waals surface area contributed by atoms with E-state index in [0.717, 1.165) is 0 Å². The molecule has 0 saturated carbocycles. The van der Waals surface area contributed by atoms with Gasteiger partial charge in [-0.3, -0.25) is 0 Å².